The van der Waals surface area contributed by atoms with Gasteiger partial charge in [0.05, 0.1) is 11.4 Å². The zero-order valence-corrected chi connectivity index (χ0v) is 11.1. The average molecular weight is 244 g/mol. The van der Waals surface area contributed by atoms with Crippen LogP contribution in [0.5, 0.6) is 0 Å². The minimum absolute atomic E-state index is 0.837. The molecule has 0 saturated heterocycles. The number of pyridine rings is 1. The molecule has 1 N–H and O–H groups in total. The molecule has 0 aliphatic heterocycles. The van der Waals surface area contributed by atoms with Gasteiger partial charge in [0.2, 0.25) is 0 Å². The van der Waals surface area contributed by atoms with Gasteiger partial charge in [-0.3, -0.25) is 9.67 Å². The highest BCUT2D eigenvalue weighted by Gasteiger charge is 2.04. The Bertz CT molecular complexity index is 476. The smallest absolute Gasteiger partial charge is 0.0625 e. The molecule has 0 unspecified atom stereocenters. The molecule has 0 amide bonds. The van der Waals surface area contributed by atoms with Crippen molar-refractivity contribution in [1.29, 1.82) is 0 Å². The van der Waals surface area contributed by atoms with Gasteiger partial charge in [0.1, 0.15) is 0 Å². The fraction of sp³-hybridized carbons (Fsp3) is 0.429. The Hall–Kier alpha value is -1.68. The van der Waals surface area contributed by atoms with Crippen LogP contribution in [0.15, 0.2) is 30.6 Å². The van der Waals surface area contributed by atoms with Gasteiger partial charge in [-0.2, -0.15) is 5.10 Å². The lowest BCUT2D eigenvalue weighted by atomic mass is 10.2. The molecule has 0 aliphatic carbocycles. The van der Waals surface area contributed by atoms with Gasteiger partial charge in [-0.05, 0) is 31.0 Å². The van der Waals surface area contributed by atoms with Gasteiger partial charge >= 0.3 is 0 Å². The van der Waals surface area contributed by atoms with Gasteiger partial charge in [-0.25, -0.2) is 0 Å². The number of rotatable bonds is 6. The topological polar surface area (TPSA) is 42.7 Å². The van der Waals surface area contributed by atoms with Crippen LogP contribution in [0.2, 0.25) is 0 Å². The van der Waals surface area contributed by atoms with E-state index < -0.39 is 0 Å². The standard InChI is InChI=1S/C14H20N4/c1-3-13-8-14(18(4-2)17-13)11-16-10-12-6-5-7-15-9-12/h5-9,16H,3-4,10-11H2,1-2H3. The van der Waals surface area contributed by atoms with E-state index in [0.717, 1.165) is 31.7 Å². The quantitative estimate of drug-likeness (QED) is 0.846. The second-order valence-corrected chi connectivity index (χ2v) is 4.26. The molecule has 0 atom stereocenters. The molecule has 0 aliphatic rings. The van der Waals surface area contributed by atoms with E-state index in [0.29, 0.717) is 0 Å². The largest absolute Gasteiger partial charge is 0.307 e. The highest BCUT2D eigenvalue weighted by molar-refractivity contribution is 5.11. The number of nitrogens with one attached hydrogen (secondary N) is 1. The first-order valence-corrected chi connectivity index (χ1v) is 6.48. The summed E-state index contributed by atoms with van der Waals surface area (Å²) in [5.74, 6) is 0. The molecule has 18 heavy (non-hydrogen) atoms. The van der Waals surface area contributed by atoms with Crippen molar-refractivity contribution in [3.63, 3.8) is 0 Å². The Labute approximate surface area is 108 Å². The fourth-order valence-corrected chi connectivity index (χ4v) is 1.94. The molecule has 0 radical (unpaired) electrons. The molecule has 2 rings (SSSR count). The van der Waals surface area contributed by atoms with Crippen molar-refractivity contribution in [3.8, 4) is 0 Å². The fourth-order valence-electron chi connectivity index (χ4n) is 1.94. The van der Waals surface area contributed by atoms with Crippen LogP contribution in [0, 0.1) is 0 Å². The monoisotopic (exact) mass is 244 g/mol. The van der Waals surface area contributed by atoms with Crippen molar-refractivity contribution >= 4 is 0 Å². The highest BCUT2D eigenvalue weighted by atomic mass is 15.3. The average Bonchev–Trinajstić information content (AvgIpc) is 2.82. The maximum atomic E-state index is 4.54. The van der Waals surface area contributed by atoms with Crippen LogP contribution in [-0.2, 0) is 26.1 Å². The highest BCUT2D eigenvalue weighted by Crippen LogP contribution is 2.06. The van der Waals surface area contributed by atoms with E-state index in [4.69, 9.17) is 0 Å². The van der Waals surface area contributed by atoms with Crippen LogP contribution in [0.4, 0.5) is 0 Å². The second kappa shape index (κ2) is 6.31. The van der Waals surface area contributed by atoms with Gasteiger partial charge in [-0.1, -0.05) is 13.0 Å². The van der Waals surface area contributed by atoms with E-state index in [9.17, 15) is 0 Å². The predicted molar refractivity (Wildman–Crippen MR) is 72.1 cm³/mol. The summed E-state index contributed by atoms with van der Waals surface area (Å²) in [5.41, 5.74) is 3.61. The van der Waals surface area contributed by atoms with Gasteiger partial charge in [-0.15, -0.1) is 0 Å². The molecule has 96 valence electrons. The number of hydrogen-bond donors (Lipinski definition) is 1. The molecule has 4 nitrogen and oxygen atoms in total. The lowest BCUT2D eigenvalue weighted by Gasteiger charge is -2.06. The van der Waals surface area contributed by atoms with E-state index in [2.05, 4.69) is 46.1 Å². The summed E-state index contributed by atoms with van der Waals surface area (Å²) < 4.78 is 2.06. The van der Waals surface area contributed by atoms with Gasteiger partial charge in [0.25, 0.3) is 0 Å². The first kappa shape index (κ1) is 12.8. The maximum absolute atomic E-state index is 4.54. The van der Waals surface area contributed by atoms with Crippen molar-refractivity contribution in [2.45, 2.75) is 39.9 Å². The molecule has 0 fully saturated rings. The van der Waals surface area contributed by atoms with Crippen LogP contribution in [0.25, 0.3) is 0 Å². The van der Waals surface area contributed by atoms with Crippen molar-refractivity contribution in [2.24, 2.45) is 0 Å². The first-order chi connectivity index (χ1) is 8.83. The number of aromatic nitrogens is 3. The zero-order chi connectivity index (χ0) is 12.8. The minimum atomic E-state index is 0.837. The summed E-state index contributed by atoms with van der Waals surface area (Å²) in [6.45, 7) is 6.86. The van der Waals surface area contributed by atoms with E-state index in [1.54, 1.807) is 6.20 Å². The number of nitrogens with zero attached hydrogens (tertiary/aromatic N) is 3. The lowest BCUT2D eigenvalue weighted by Crippen LogP contribution is -2.16. The second-order valence-electron chi connectivity index (χ2n) is 4.26. The van der Waals surface area contributed by atoms with E-state index in [1.165, 1.54) is 11.3 Å². The Morgan fingerprint density at radius 1 is 1.28 bits per heavy atom. The normalized spacial score (nSPS) is 10.8. The van der Waals surface area contributed by atoms with Crippen molar-refractivity contribution in [3.05, 3.63) is 47.5 Å². The van der Waals surface area contributed by atoms with Gasteiger partial charge in [0, 0.05) is 32.0 Å². The number of hydrogen-bond acceptors (Lipinski definition) is 3. The van der Waals surface area contributed by atoms with Crippen LogP contribution >= 0.6 is 0 Å². The summed E-state index contributed by atoms with van der Waals surface area (Å²) in [7, 11) is 0. The molecule has 0 aromatic carbocycles. The Balaban J connectivity index is 1.92. The predicted octanol–water partition coefficient (Wildman–Crippen LogP) is 2.15. The van der Waals surface area contributed by atoms with Crippen LogP contribution in [0.3, 0.4) is 0 Å². The van der Waals surface area contributed by atoms with Crippen molar-refractivity contribution in [1.82, 2.24) is 20.1 Å². The van der Waals surface area contributed by atoms with Crippen LogP contribution in [-0.4, -0.2) is 14.8 Å². The molecule has 0 bridgehead atoms. The molecule has 2 aromatic heterocycles. The third-order valence-corrected chi connectivity index (χ3v) is 2.93. The van der Waals surface area contributed by atoms with Crippen LogP contribution < -0.4 is 5.32 Å². The molecule has 2 aromatic rings. The van der Waals surface area contributed by atoms with E-state index >= 15 is 0 Å². The lowest BCUT2D eigenvalue weighted by molar-refractivity contribution is 0.577. The molecule has 4 heteroatoms. The Morgan fingerprint density at radius 3 is 2.83 bits per heavy atom. The molecular formula is C14H20N4. The molecule has 0 saturated carbocycles. The van der Waals surface area contributed by atoms with Crippen molar-refractivity contribution in [2.75, 3.05) is 0 Å². The first-order valence-electron chi connectivity index (χ1n) is 6.48. The zero-order valence-electron chi connectivity index (χ0n) is 11.1. The molecular weight excluding hydrogens is 224 g/mol. The molecule has 0 spiro atoms. The van der Waals surface area contributed by atoms with Crippen LogP contribution in [0.1, 0.15) is 30.8 Å². The summed E-state index contributed by atoms with van der Waals surface area (Å²) >= 11 is 0. The maximum Gasteiger partial charge on any atom is 0.0625 e. The summed E-state index contributed by atoms with van der Waals surface area (Å²) in [6.07, 6.45) is 4.67. The summed E-state index contributed by atoms with van der Waals surface area (Å²) in [6, 6.07) is 6.22. The SMILES string of the molecule is CCc1cc(CNCc2cccnc2)n(CC)n1. The van der Waals surface area contributed by atoms with E-state index in [-0.39, 0.29) is 0 Å². The van der Waals surface area contributed by atoms with Crippen molar-refractivity contribution < 1.29 is 0 Å². The Morgan fingerprint density at radius 2 is 2.17 bits per heavy atom. The Kier molecular flexibility index (Phi) is 4.47. The van der Waals surface area contributed by atoms with Gasteiger partial charge < -0.3 is 5.32 Å². The number of aryl methyl sites for hydroxylation is 2. The van der Waals surface area contributed by atoms with E-state index in [1.807, 2.05) is 12.3 Å². The minimum Gasteiger partial charge on any atom is -0.307 e. The van der Waals surface area contributed by atoms with Gasteiger partial charge in [0.15, 0.2) is 0 Å². The molecule has 2 heterocycles. The third-order valence-electron chi connectivity index (χ3n) is 2.93. The third kappa shape index (κ3) is 3.17. The summed E-state index contributed by atoms with van der Waals surface area (Å²) in [5, 5.41) is 7.97. The summed E-state index contributed by atoms with van der Waals surface area (Å²) in [4.78, 5) is 4.10.